The Hall–Kier alpha value is -2.26. The third kappa shape index (κ3) is 2.65. The van der Waals surface area contributed by atoms with Crippen molar-refractivity contribution in [3.05, 3.63) is 75.6 Å². The van der Waals surface area contributed by atoms with Gasteiger partial charge in [-0.05, 0) is 37.1 Å². The van der Waals surface area contributed by atoms with Gasteiger partial charge in [0.05, 0.1) is 11.2 Å². The van der Waals surface area contributed by atoms with Crippen molar-refractivity contribution in [2.24, 2.45) is 0 Å². The van der Waals surface area contributed by atoms with E-state index in [2.05, 4.69) is 11.1 Å². The molecule has 3 rings (SSSR count). The quantitative estimate of drug-likeness (QED) is 0.667. The van der Waals surface area contributed by atoms with Gasteiger partial charge >= 0.3 is 0 Å². The minimum atomic E-state index is 0.0380. The lowest BCUT2D eigenvalue weighted by molar-refractivity contribution is 0.104. The molecule has 1 radical (unpaired) electrons. The molecule has 0 N–H and O–H groups in total. The number of aryl methyl sites for hydroxylation is 2. The molecule has 3 heteroatoms. The van der Waals surface area contributed by atoms with E-state index in [1.54, 1.807) is 5.51 Å². The van der Waals surface area contributed by atoms with E-state index in [0.29, 0.717) is 4.88 Å². The van der Waals surface area contributed by atoms with Crippen molar-refractivity contribution >= 4 is 17.1 Å². The summed E-state index contributed by atoms with van der Waals surface area (Å²) in [6.07, 6.45) is 0. The molecule has 2 nitrogen and oxygen atoms in total. The van der Waals surface area contributed by atoms with Crippen molar-refractivity contribution in [3.63, 3.8) is 0 Å². The third-order valence-electron chi connectivity index (χ3n) is 3.38. The first-order valence-corrected chi connectivity index (χ1v) is 7.57. The fourth-order valence-electron chi connectivity index (χ4n) is 2.30. The second-order valence-corrected chi connectivity index (χ2v) is 5.79. The van der Waals surface area contributed by atoms with Gasteiger partial charge in [0.25, 0.3) is 0 Å². The van der Waals surface area contributed by atoms with Crippen molar-refractivity contribution in [2.75, 3.05) is 0 Å². The maximum atomic E-state index is 12.8. The van der Waals surface area contributed by atoms with E-state index in [1.165, 1.54) is 11.3 Å². The normalized spacial score (nSPS) is 10.6. The maximum absolute atomic E-state index is 12.8. The summed E-state index contributed by atoms with van der Waals surface area (Å²) in [7, 11) is 0. The first-order valence-electron chi connectivity index (χ1n) is 6.69. The lowest BCUT2D eigenvalue weighted by atomic mass is 10.0. The van der Waals surface area contributed by atoms with Gasteiger partial charge in [-0.25, -0.2) is 4.98 Å². The van der Waals surface area contributed by atoms with Crippen LogP contribution in [0.3, 0.4) is 0 Å². The van der Waals surface area contributed by atoms with Crippen LogP contribution in [-0.2, 0) is 0 Å². The molecule has 0 aliphatic heterocycles. The third-order valence-corrected chi connectivity index (χ3v) is 4.21. The zero-order valence-corrected chi connectivity index (χ0v) is 12.7. The van der Waals surface area contributed by atoms with Crippen LogP contribution < -0.4 is 0 Å². The molecule has 0 aliphatic rings. The second kappa shape index (κ2) is 5.62. The molecule has 103 valence electrons. The van der Waals surface area contributed by atoms with Gasteiger partial charge in [-0.3, -0.25) is 4.79 Å². The minimum absolute atomic E-state index is 0.0380. The Balaban J connectivity index is 2.08. The van der Waals surface area contributed by atoms with Crippen LogP contribution in [0.2, 0.25) is 0 Å². The molecule has 0 bridgehead atoms. The standard InChI is InChI=1S/C18H14NOS/c1-12-6-5-8-14(10-12)16-18(21-11-19-16)17(20)15-9-4-3-7-13(15)2/h3-5,7-11H,1-2H3. The molecule has 0 saturated heterocycles. The highest BCUT2D eigenvalue weighted by molar-refractivity contribution is 7.12. The maximum Gasteiger partial charge on any atom is 0.205 e. The average molecular weight is 292 g/mol. The molecule has 21 heavy (non-hydrogen) atoms. The van der Waals surface area contributed by atoms with Crippen LogP contribution in [0, 0.1) is 19.9 Å². The number of hydrogen-bond donors (Lipinski definition) is 0. The number of carbonyl (C=O) groups is 1. The van der Waals surface area contributed by atoms with Crippen molar-refractivity contribution in [2.45, 2.75) is 13.8 Å². The molecule has 2 aromatic carbocycles. The summed E-state index contributed by atoms with van der Waals surface area (Å²) in [5.41, 5.74) is 6.21. The topological polar surface area (TPSA) is 30.0 Å². The summed E-state index contributed by atoms with van der Waals surface area (Å²) in [4.78, 5) is 17.8. The lowest BCUT2D eigenvalue weighted by Gasteiger charge is -2.05. The fraction of sp³-hybridized carbons (Fsp3) is 0.111. The summed E-state index contributed by atoms with van der Waals surface area (Å²) in [6.45, 7) is 3.94. The molecule has 0 aliphatic carbocycles. The Labute approximate surface area is 128 Å². The highest BCUT2D eigenvalue weighted by atomic mass is 32.1. The van der Waals surface area contributed by atoms with Crippen LogP contribution in [0.5, 0.6) is 0 Å². The molecule has 0 atom stereocenters. The predicted molar refractivity (Wildman–Crippen MR) is 85.7 cm³/mol. The summed E-state index contributed by atoms with van der Waals surface area (Å²) in [5, 5.41) is 0. The van der Waals surface area contributed by atoms with Crippen molar-refractivity contribution < 1.29 is 4.79 Å². The summed E-state index contributed by atoms with van der Waals surface area (Å²) >= 11 is 1.39. The van der Waals surface area contributed by atoms with Gasteiger partial charge in [-0.2, -0.15) is 0 Å². The molecular formula is C18H14NOS. The molecule has 3 aromatic rings. The Kier molecular flexibility index (Phi) is 3.67. The summed E-state index contributed by atoms with van der Waals surface area (Å²) in [6, 6.07) is 16.6. The van der Waals surface area contributed by atoms with Crippen molar-refractivity contribution in [1.29, 1.82) is 0 Å². The SMILES string of the molecule is Cc1[c]ccc(-c2ncsc2C(=O)c2ccccc2C)c1. The first-order chi connectivity index (χ1) is 10.2. The van der Waals surface area contributed by atoms with E-state index in [9.17, 15) is 4.79 Å². The highest BCUT2D eigenvalue weighted by Gasteiger charge is 2.19. The molecule has 0 saturated carbocycles. The highest BCUT2D eigenvalue weighted by Crippen LogP contribution is 2.28. The summed E-state index contributed by atoms with van der Waals surface area (Å²) in [5.74, 6) is 0.0380. The van der Waals surface area contributed by atoms with Crippen LogP contribution in [-0.4, -0.2) is 10.8 Å². The van der Waals surface area contributed by atoms with Gasteiger partial charge in [0.1, 0.15) is 4.88 Å². The van der Waals surface area contributed by atoms with E-state index in [4.69, 9.17) is 0 Å². The van der Waals surface area contributed by atoms with Crippen molar-refractivity contribution in [3.8, 4) is 11.3 Å². The molecule has 0 amide bonds. The first kappa shape index (κ1) is 13.7. The zero-order chi connectivity index (χ0) is 14.8. The number of thiazole rings is 1. The largest absolute Gasteiger partial charge is 0.288 e. The van der Waals surface area contributed by atoms with Crippen LogP contribution in [0.15, 0.2) is 48.0 Å². The van der Waals surface area contributed by atoms with E-state index >= 15 is 0 Å². The van der Waals surface area contributed by atoms with Crippen LogP contribution in [0.25, 0.3) is 11.3 Å². The Bertz CT molecular complexity index is 804. The number of aromatic nitrogens is 1. The van der Waals surface area contributed by atoms with E-state index in [1.807, 2.05) is 56.3 Å². The number of nitrogens with zero attached hydrogens (tertiary/aromatic N) is 1. The fourth-order valence-corrected chi connectivity index (χ4v) is 3.06. The predicted octanol–water partition coefficient (Wildman–Crippen LogP) is 4.46. The Morgan fingerprint density at radius 3 is 2.76 bits per heavy atom. The molecular weight excluding hydrogens is 278 g/mol. The van der Waals surface area contributed by atoms with Gasteiger partial charge in [-0.15, -0.1) is 11.3 Å². The van der Waals surface area contributed by atoms with Gasteiger partial charge in [0.2, 0.25) is 5.78 Å². The second-order valence-electron chi connectivity index (χ2n) is 4.93. The number of carbonyl (C=O) groups excluding carboxylic acids is 1. The molecule has 0 unspecified atom stereocenters. The van der Waals surface area contributed by atoms with Gasteiger partial charge in [0, 0.05) is 11.1 Å². The van der Waals surface area contributed by atoms with Crippen LogP contribution in [0.1, 0.15) is 26.4 Å². The molecule has 1 aromatic heterocycles. The number of rotatable bonds is 3. The Morgan fingerprint density at radius 1 is 1.19 bits per heavy atom. The van der Waals surface area contributed by atoms with E-state index < -0.39 is 0 Å². The number of ketones is 1. The number of hydrogen-bond acceptors (Lipinski definition) is 3. The van der Waals surface area contributed by atoms with E-state index in [0.717, 1.165) is 27.9 Å². The van der Waals surface area contributed by atoms with Gasteiger partial charge in [-0.1, -0.05) is 36.4 Å². The van der Waals surface area contributed by atoms with Crippen LogP contribution >= 0.6 is 11.3 Å². The van der Waals surface area contributed by atoms with Gasteiger partial charge in [0.15, 0.2) is 0 Å². The van der Waals surface area contributed by atoms with Gasteiger partial charge < -0.3 is 0 Å². The van der Waals surface area contributed by atoms with E-state index in [-0.39, 0.29) is 5.78 Å². The molecule has 0 fully saturated rings. The van der Waals surface area contributed by atoms with Crippen LogP contribution in [0.4, 0.5) is 0 Å². The number of benzene rings is 2. The molecule has 0 spiro atoms. The zero-order valence-electron chi connectivity index (χ0n) is 11.9. The lowest BCUT2D eigenvalue weighted by Crippen LogP contribution is -2.03. The molecule has 1 heterocycles. The smallest absolute Gasteiger partial charge is 0.205 e. The van der Waals surface area contributed by atoms with Crippen molar-refractivity contribution in [1.82, 2.24) is 4.98 Å². The monoisotopic (exact) mass is 292 g/mol. The Morgan fingerprint density at radius 2 is 2.00 bits per heavy atom. The summed E-state index contributed by atoms with van der Waals surface area (Å²) < 4.78 is 0. The minimum Gasteiger partial charge on any atom is -0.288 e. The average Bonchev–Trinajstić information content (AvgIpc) is 2.96.